The highest BCUT2D eigenvalue weighted by Gasteiger charge is 2.15. The van der Waals surface area contributed by atoms with E-state index >= 15 is 0 Å². The van der Waals surface area contributed by atoms with Crippen molar-refractivity contribution in [2.75, 3.05) is 19.0 Å². The van der Waals surface area contributed by atoms with E-state index < -0.39 is 0 Å². The number of nitrogens with one attached hydrogen (secondary N) is 1. The quantitative estimate of drug-likeness (QED) is 0.399. The van der Waals surface area contributed by atoms with Crippen molar-refractivity contribution in [2.24, 2.45) is 5.10 Å². The Kier molecular flexibility index (Phi) is 5.52. The Morgan fingerprint density at radius 2 is 1.83 bits per heavy atom. The second-order valence-electron chi connectivity index (χ2n) is 7.00. The van der Waals surface area contributed by atoms with E-state index in [9.17, 15) is 4.79 Å². The van der Waals surface area contributed by atoms with Crippen LogP contribution in [0, 0.1) is 0 Å². The van der Waals surface area contributed by atoms with Gasteiger partial charge in [0.15, 0.2) is 5.82 Å². The first-order valence-corrected chi connectivity index (χ1v) is 9.58. The summed E-state index contributed by atoms with van der Waals surface area (Å²) in [6.45, 7) is 0.0866. The van der Waals surface area contributed by atoms with Crippen LogP contribution >= 0.6 is 0 Å². The average Bonchev–Trinajstić information content (AvgIpc) is 3.13. The number of aromatic nitrogens is 3. The molecule has 0 saturated heterocycles. The van der Waals surface area contributed by atoms with Gasteiger partial charge in [0.05, 0.1) is 17.2 Å². The third-order valence-electron chi connectivity index (χ3n) is 4.66. The summed E-state index contributed by atoms with van der Waals surface area (Å²) in [6.07, 6.45) is 3.34. The van der Waals surface area contributed by atoms with Gasteiger partial charge in [-0.1, -0.05) is 30.3 Å². The SMILES string of the molecule is CN(C)c1ccc(/C=N/NC(=O)Cn2c(-c3ccccn3)nc3ccccc32)cc1. The molecule has 1 amide bonds. The summed E-state index contributed by atoms with van der Waals surface area (Å²) in [5.74, 6) is 0.409. The zero-order valence-electron chi connectivity index (χ0n) is 16.9. The summed E-state index contributed by atoms with van der Waals surface area (Å²) < 4.78 is 1.86. The number of amides is 1. The Balaban J connectivity index is 1.52. The topological polar surface area (TPSA) is 75.4 Å². The van der Waals surface area contributed by atoms with Gasteiger partial charge in [-0.05, 0) is 42.0 Å². The maximum atomic E-state index is 12.6. The third-order valence-corrected chi connectivity index (χ3v) is 4.66. The van der Waals surface area contributed by atoms with Crippen molar-refractivity contribution in [1.82, 2.24) is 20.0 Å². The minimum atomic E-state index is -0.239. The van der Waals surface area contributed by atoms with E-state index in [1.165, 1.54) is 0 Å². The van der Waals surface area contributed by atoms with Gasteiger partial charge in [-0.3, -0.25) is 9.78 Å². The molecule has 0 bridgehead atoms. The number of rotatable bonds is 6. The van der Waals surface area contributed by atoms with Crippen LogP contribution < -0.4 is 10.3 Å². The number of benzene rings is 2. The van der Waals surface area contributed by atoms with Crippen LogP contribution in [0.25, 0.3) is 22.6 Å². The van der Waals surface area contributed by atoms with E-state index in [1.807, 2.05) is 90.3 Å². The van der Waals surface area contributed by atoms with E-state index in [2.05, 4.69) is 20.5 Å². The van der Waals surface area contributed by atoms with Gasteiger partial charge in [0.1, 0.15) is 12.2 Å². The van der Waals surface area contributed by atoms with Crippen molar-refractivity contribution < 1.29 is 4.79 Å². The molecular weight excluding hydrogens is 376 g/mol. The molecule has 4 aromatic rings. The Morgan fingerprint density at radius 3 is 2.57 bits per heavy atom. The van der Waals surface area contributed by atoms with Crippen LogP contribution in [0.1, 0.15) is 5.56 Å². The van der Waals surface area contributed by atoms with Crippen LogP contribution in [0.2, 0.25) is 0 Å². The standard InChI is InChI=1S/C23H22N6O/c1-28(2)18-12-10-17(11-13-18)15-25-27-22(30)16-29-21-9-4-3-7-19(21)26-23(29)20-8-5-6-14-24-20/h3-15H,16H2,1-2H3,(H,27,30)/b25-15+. The largest absolute Gasteiger partial charge is 0.378 e. The molecule has 7 heteroatoms. The molecule has 0 aliphatic carbocycles. The Bertz CT molecular complexity index is 1180. The minimum absolute atomic E-state index is 0.0866. The number of fused-ring (bicyclic) bond motifs is 1. The number of hydrogen-bond acceptors (Lipinski definition) is 5. The molecule has 2 aromatic carbocycles. The predicted octanol–water partition coefficient (Wildman–Crippen LogP) is 3.31. The summed E-state index contributed by atoms with van der Waals surface area (Å²) >= 11 is 0. The van der Waals surface area contributed by atoms with Gasteiger partial charge in [-0.2, -0.15) is 5.10 Å². The van der Waals surface area contributed by atoms with E-state index in [1.54, 1.807) is 12.4 Å². The van der Waals surface area contributed by atoms with E-state index in [0.717, 1.165) is 22.3 Å². The lowest BCUT2D eigenvalue weighted by atomic mass is 10.2. The zero-order valence-corrected chi connectivity index (χ0v) is 16.9. The first-order valence-electron chi connectivity index (χ1n) is 9.58. The number of nitrogens with zero attached hydrogens (tertiary/aromatic N) is 5. The molecule has 0 aliphatic heterocycles. The number of hydrogen-bond donors (Lipinski definition) is 1. The molecule has 150 valence electrons. The fourth-order valence-corrected chi connectivity index (χ4v) is 3.14. The Labute approximate surface area is 174 Å². The maximum absolute atomic E-state index is 12.6. The lowest BCUT2D eigenvalue weighted by Crippen LogP contribution is -2.23. The molecule has 4 rings (SSSR count). The van der Waals surface area contributed by atoms with E-state index in [0.29, 0.717) is 11.5 Å². The molecule has 0 fully saturated rings. The van der Waals surface area contributed by atoms with Crippen molar-refractivity contribution in [3.8, 4) is 11.5 Å². The maximum Gasteiger partial charge on any atom is 0.260 e. The molecule has 2 aromatic heterocycles. The molecule has 0 atom stereocenters. The van der Waals surface area contributed by atoms with Crippen LogP contribution in [0.3, 0.4) is 0 Å². The third kappa shape index (κ3) is 4.20. The van der Waals surface area contributed by atoms with Gasteiger partial charge in [0, 0.05) is 26.0 Å². The summed E-state index contributed by atoms with van der Waals surface area (Å²) in [6, 6.07) is 21.3. The molecular formula is C23H22N6O. The predicted molar refractivity (Wildman–Crippen MR) is 119 cm³/mol. The highest BCUT2D eigenvalue weighted by atomic mass is 16.2. The van der Waals surface area contributed by atoms with Crippen LogP contribution in [-0.4, -0.2) is 40.8 Å². The second kappa shape index (κ2) is 8.57. The van der Waals surface area contributed by atoms with Crippen molar-refractivity contribution in [1.29, 1.82) is 0 Å². The smallest absolute Gasteiger partial charge is 0.260 e. The number of para-hydroxylation sites is 2. The Hall–Kier alpha value is -4.00. The van der Waals surface area contributed by atoms with Gasteiger partial charge in [0.2, 0.25) is 0 Å². The molecule has 0 radical (unpaired) electrons. The fraction of sp³-hybridized carbons (Fsp3) is 0.130. The van der Waals surface area contributed by atoms with Crippen LogP contribution in [0.4, 0.5) is 5.69 Å². The summed E-state index contributed by atoms with van der Waals surface area (Å²) in [5.41, 5.74) is 7.01. The number of imidazole rings is 1. The molecule has 30 heavy (non-hydrogen) atoms. The number of pyridine rings is 1. The fourth-order valence-electron chi connectivity index (χ4n) is 3.14. The van der Waals surface area contributed by atoms with Crippen LogP contribution in [-0.2, 0) is 11.3 Å². The van der Waals surface area contributed by atoms with Crippen LogP contribution in [0.15, 0.2) is 78.0 Å². The Morgan fingerprint density at radius 1 is 1.07 bits per heavy atom. The van der Waals surface area contributed by atoms with Crippen molar-refractivity contribution in [2.45, 2.75) is 6.54 Å². The molecule has 0 unspecified atom stereocenters. The number of hydrazone groups is 1. The lowest BCUT2D eigenvalue weighted by molar-refractivity contribution is -0.121. The van der Waals surface area contributed by atoms with Gasteiger partial charge in [0.25, 0.3) is 5.91 Å². The normalized spacial score (nSPS) is 11.1. The first kappa shape index (κ1) is 19.3. The highest BCUT2D eigenvalue weighted by Crippen LogP contribution is 2.23. The minimum Gasteiger partial charge on any atom is -0.378 e. The van der Waals surface area contributed by atoms with E-state index in [4.69, 9.17) is 0 Å². The van der Waals surface area contributed by atoms with Gasteiger partial charge < -0.3 is 9.47 Å². The molecule has 0 saturated carbocycles. The van der Waals surface area contributed by atoms with E-state index in [-0.39, 0.29) is 12.5 Å². The molecule has 0 aliphatic rings. The highest BCUT2D eigenvalue weighted by molar-refractivity contribution is 5.85. The van der Waals surface area contributed by atoms with Crippen molar-refractivity contribution in [3.63, 3.8) is 0 Å². The number of anilines is 1. The monoisotopic (exact) mass is 398 g/mol. The molecule has 7 nitrogen and oxygen atoms in total. The number of carbonyl (C=O) groups excluding carboxylic acids is 1. The molecule has 2 heterocycles. The first-order chi connectivity index (χ1) is 14.6. The summed E-state index contributed by atoms with van der Waals surface area (Å²) in [4.78, 5) is 23.6. The second-order valence-corrected chi connectivity index (χ2v) is 7.00. The molecule has 0 spiro atoms. The lowest BCUT2D eigenvalue weighted by Gasteiger charge is -2.11. The summed E-state index contributed by atoms with van der Waals surface area (Å²) in [7, 11) is 3.98. The number of carbonyl (C=O) groups is 1. The van der Waals surface area contributed by atoms with Gasteiger partial charge in [-0.15, -0.1) is 0 Å². The van der Waals surface area contributed by atoms with Crippen LogP contribution in [0.5, 0.6) is 0 Å². The van der Waals surface area contributed by atoms with Crippen molar-refractivity contribution in [3.05, 3.63) is 78.5 Å². The zero-order chi connectivity index (χ0) is 20.9. The van der Waals surface area contributed by atoms with Gasteiger partial charge >= 0.3 is 0 Å². The summed E-state index contributed by atoms with van der Waals surface area (Å²) in [5, 5.41) is 4.09. The molecule has 1 N–H and O–H groups in total. The van der Waals surface area contributed by atoms with Crippen molar-refractivity contribution >= 4 is 28.8 Å². The van der Waals surface area contributed by atoms with Gasteiger partial charge in [-0.25, -0.2) is 10.4 Å². The average molecular weight is 398 g/mol.